The molecule has 2 aliphatic heterocycles. The molecule has 1 fully saturated rings. The summed E-state index contributed by atoms with van der Waals surface area (Å²) >= 11 is 12.4. The van der Waals surface area contributed by atoms with Gasteiger partial charge in [0.25, 0.3) is 0 Å². The predicted molar refractivity (Wildman–Crippen MR) is 145 cm³/mol. The number of nitrogens with zero attached hydrogens (tertiary/aromatic N) is 2. The molecule has 2 aliphatic rings. The predicted octanol–water partition coefficient (Wildman–Crippen LogP) is 5.64. The van der Waals surface area contributed by atoms with Gasteiger partial charge in [0, 0.05) is 53.1 Å². The topological polar surface area (TPSA) is 97.5 Å². The number of nitrogen functional groups attached to an aromatic ring is 1. The second-order valence-electron chi connectivity index (χ2n) is 9.68. The van der Waals surface area contributed by atoms with E-state index < -0.39 is 21.9 Å². The number of nitrogens with two attached hydrogens (primary N) is 1. The van der Waals surface area contributed by atoms with Gasteiger partial charge in [0.05, 0.1) is 11.3 Å². The number of ether oxygens (including phenoxy) is 1. The van der Waals surface area contributed by atoms with E-state index in [9.17, 15) is 12.8 Å². The highest BCUT2D eigenvalue weighted by atomic mass is 35.5. The van der Waals surface area contributed by atoms with Crippen LogP contribution in [0, 0.1) is 5.82 Å². The quantitative estimate of drug-likeness (QED) is 0.389. The van der Waals surface area contributed by atoms with Crippen molar-refractivity contribution in [3.63, 3.8) is 0 Å². The molecule has 7 nitrogen and oxygen atoms in total. The number of benzene rings is 2. The SMILES string of the molecule is C[C@@H](Oc1cc(-c2ccc3c(c2)NCC32CCN(S(C)(=O)=O)CC2)cnc1N)c1c(Cl)ccc(F)c1Cl. The Morgan fingerprint density at radius 3 is 2.59 bits per heavy atom. The van der Waals surface area contributed by atoms with Crippen molar-refractivity contribution >= 4 is 44.7 Å². The lowest BCUT2D eigenvalue weighted by molar-refractivity contribution is 0.227. The van der Waals surface area contributed by atoms with Gasteiger partial charge in [-0.2, -0.15) is 0 Å². The van der Waals surface area contributed by atoms with Crippen LogP contribution in [0.15, 0.2) is 42.6 Å². The Bertz CT molecular complexity index is 1480. The summed E-state index contributed by atoms with van der Waals surface area (Å²) in [4.78, 5) is 4.30. The fraction of sp³-hybridized carbons (Fsp3) is 0.346. The number of halogens is 3. The Labute approximate surface area is 225 Å². The van der Waals surface area contributed by atoms with Crippen LogP contribution < -0.4 is 15.8 Å². The van der Waals surface area contributed by atoms with E-state index in [4.69, 9.17) is 33.7 Å². The van der Waals surface area contributed by atoms with Crippen LogP contribution in [0.3, 0.4) is 0 Å². The molecule has 0 amide bonds. The van der Waals surface area contributed by atoms with Crippen molar-refractivity contribution in [3.05, 3.63) is 69.6 Å². The number of aromatic nitrogens is 1. The van der Waals surface area contributed by atoms with Crippen molar-refractivity contribution < 1.29 is 17.5 Å². The van der Waals surface area contributed by atoms with E-state index in [1.54, 1.807) is 23.5 Å². The maximum atomic E-state index is 14.0. The minimum Gasteiger partial charge on any atom is -0.482 e. The fourth-order valence-corrected chi connectivity index (χ4v) is 6.78. The van der Waals surface area contributed by atoms with Crippen LogP contribution in [0.4, 0.5) is 15.9 Å². The van der Waals surface area contributed by atoms with Crippen LogP contribution in [-0.4, -0.2) is 43.6 Å². The van der Waals surface area contributed by atoms with Gasteiger partial charge < -0.3 is 15.8 Å². The van der Waals surface area contributed by atoms with Gasteiger partial charge in [0.15, 0.2) is 11.6 Å². The van der Waals surface area contributed by atoms with Crippen molar-refractivity contribution in [2.45, 2.75) is 31.3 Å². The Kier molecular flexibility index (Phi) is 6.77. The summed E-state index contributed by atoms with van der Waals surface area (Å²) in [6.45, 7) is 3.51. The molecule has 3 N–H and O–H groups in total. The number of rotatable bonds is 5. The Morgan fingerprint density at radius 2 is 1.89 bits per heavy atom. The van der Waals surface area contributed by atoms with Crippen molar-refractivity contribution in [1.29, 1.82) is 0 Å². The number of piperidine rings is 1. The molecule has 0 unspecified atom stereocenters. The maximum Gasteiger partial charge on any atom is 0.211 e. The van der Waals surface area contributed by atoms with Gasteiger partial charge >= 0.3 is 0 Å². The third kappa shape index (κ3) is 4.85. The molecule has 1 saturated heterocycles. The zero-order valence-electron chi connectivity index (χ0n) is 20.4. The average molecular weight is 565 g/mol. The van der Waals surface area contributed by atoms with Gasteiger partial charge in [0.1, 0.15) is 11.9 Å². The molecule has 3 aromatic rings. The molecule has 2 aromatic carbocycles. The van der Waals surface area contributed by atoms with Gasteiger partial charge in [-0.1, -0.05) is 35.3 Å². The molecule has 0 radical (unpaired) electrons. The number of hydrogen-bond donors (Lipinski definition) is 2. The summed E-state index contributed by atoms with van der Waals surface area (Å²) < 4.78 is 45.5. The molecule has 0 bridgehead atoms. The molecule has 0 aliphatic carbocycles. The van der Waals surface area contributed by atoms with Gasteiger partial charge in [0.2, 0.25) is 10.0 Å². The van der Waals surface area contributed by atoms with Crippen LogP contribution >= 0.6 is 23.2 Å². The number of nitrogens with one attached hydrogen (secondary N) is 1. The second-order valence-corrected chi connectivity index (χ2v) is 12.4. The zero-order chi connectivity index (χ0) is 26.5. The van der Waals surface area contributed by atoms with E-state index in [0.717, 1.165) is 36.2 Å². The highest BCUT2D eigenvalue weighted by Crippen LogP contribution is 2.46. The third-order valence-corrected chi connectivity index (χ3v) is 9.38. The first kappa shape index (κ1) is 26.0. The highest BCUT2D eigenvalue weighted by molar-refractivity contribution is 7.88. The summed E-state index contributed by atoms with van der Waals surface area (Å²) in [7, 11) is -3.18. The summed E-state index contributed by atoms with van der Waals surface area (Å²) in [5, 5.41) is 3.71. The largest absolute Gasteiger partial charge is 0.482 e. The highest BCUT2D eigenvalue weighted by Gasteiger charge is 2.42. The standard InChI is InChI=1S/C26H27Cl2FN4O3S/c1-15(23-19(27)5-6-20(29)24(23)28)36-22-12-17(13-31-25(22)30)16-3-4-18-21(11-16)32-14-26(18)7-9-33(10-8-26)37(2,34)35/h3-6,11-13,15,32H,7-10,14H2,1-2H3,(H2,30,31)/t15-/m1/s1. The lowest BCUT2D eigenvalue weighted by Crippen LogP contribution is -2.45. The smallest absolute Gasteiger partial charge is 0.211 e. The summed E-state index contributed by atoms with van der Waals surface area (Å²) in [6.07, 6.45) is 3.80. The van der Waals surface area contributed by atoms with Crippen LogP contribution in [0.25, 0.3) is 11.1 Å². The molecule has 11 heteroatoms. The van der Waals surface area contributed by atoms with Gasteiger partial charge in [-0.3, -0.25) is 0 Å². The molecule has 1 spiro atoms. The number of anilines is 2. The van der Waals surface area contributed by atoms with E-state index in [1.165, 1.54) is 24.0 Å². The molecule has 0 saturated carbocycles. The van der Waals surface area contributed by atoms with E-state index in [1.807, 2.05) is 6.07 Å². The van der Waals surface area contributed by atoms with Crippen molar-refractivity contribution in [2.24, 2.45) is 0 Å². The zero-order valence-corrected chi connectivity index (χ0v) is 22.7. The second kappa shape index (κ2) is 9.62. The normalized spacial score (nSPS) is 17.9. The average Bonchev–Trinajstić information content (AvgIpc) is 3.20. The van der Waals surface area contributed by atoms with Crippen LogP contribution in [-0.2, 0) is 15.4 Å². The lowest BCUT2D eigenvalue weighted by atomic mass is 9.74. The first-order valence-electron chi connectivity index (χ1n) is 11.9. The molecular formula is C26H27Cl2FN4O3S. The van der Waals surface area contributed by atoms with Crippen LogP contribution in [0.5, 0.6) is 5.75 Å². The summed E-state index contributed by atoms with van der Waals surface area (Å²) in [6, 6.07) is 10.6. The molecule has 1 atom stereocenters. The number of fused-ring (bicyclic) bond motifs is 2. The third-order valence-electron chi connectivity index (χ3n) is 7.36. The van der Waals surface area contributed by atoms with Crippen molar-refractivity contribution in [1.82, 2.24) is 9.29 Å². The van der Waals surface area contributed by atoms with Gasteiger partial charge in [-0.25, -0.2) is 22.1 Å². The molecule has 3 heterocycles. The molecule has 1 aromatic heterocycles. The molecule has 37 heavy (non-hydrogen) atoms. The lowest BCUT2D eigenvalue weighted by Gasteiger charge is -2.38. The van der Waals surface area contributed by atoms with E-state index in [-0.39, 0.29) is 16.3 Å². The first-order valence-corrected chi connectivity index (χ1v) is 14.5. The van der Waals surface area contributed by atoms with Crippen LogP contribution in [0.2, 0.25) is 10.0 Å². The van der Waals surface area contributed by atoms with Gasteiger partial charge in [-0.15, -0.1) is 0 Å². The molecule has 5 rings (SSSR count). The van der Waals surface area contributed by atoms with Crippen molar-refractivity contribution in [2.75, 3.05) is 36.9 Å². The monoisotopic (exact) mass is 564 g/mol. The number of hydrogen-bond acceptors (Lipinski definition) is 6. The minimum atomic E-state index is -3.18. The Morgan fingerprint density at radius 1 is 1.16 bits per heavy atom. The van der Waals surface area contributed by atoms with E-state index in [2.05, 4.69) is 22.4 Å². The van der Waals surface area contributed by atoms with Crippen LogP contribution in [0.1, 0.15) is 37.0 Å². The maximum absolute atomic E-state index is 14.0. The Hall–Kier alpha value is -2.59. The van der Waals surface area contributed by atoms with E-state index in [0.29, 0.717) is 29.4 Å². The number of sulfonamides is 1. The first-order chi connectivity index (χ1) is 17.5. The summed E-state index contributed by atoms with van der Waals surface area (Å²) in [5.74, 6) is -0.0589. The molecule has 196 valence electrons. The van der Waals surface area contributed by atoms with E-state index >= 15 is 0 Å². The fourth-order valence-electron chi connectivity index (χ4n) is 5.26. The molecular weight excluding hydrogens is 538 g/mol. The van der Waals surface area contributed by atoms with Crippen molar-refractivity contribution in [3.8, 4) is 16.9 Å². The minimum absolute atomic E-state index is 0.0817. The van der Waals surface area contributed by atoms with Gasteiger partial charge in [-0.05, 0) is 55.2 Å². The Balaban J connectivity index is 1.39. The summed E-state index contributed by atoms with van der Waals surface area (Å²) in [5.41, 5.74) is 10.3. The number of pyridine rings is 1.